The second-order valence-corrected chi connectivity index (χ2v) is 5.06. The molecule has 14 heavy (non-hydrogen) atoms. The molecule has 1 N–H and O–H groups in total. The Morgan fingerprint density at radius 3 is 2.79 bits per heavy atom. The summed E-state index contributed by atoms with van der Waals surface area (Å²) in [7, 11) is 1.95. The molecule has 2 fully saturated rings. The van der Waals surface area contributed by atoms with E-state index in [4.69, 9.17) is 0 Å². The molecule has 2 atom stereocenters. The summed E-state index contributed by atoms with van der Waals surface area (Å²) in [4.78, 5) is 13.7. The third-order valence-corrected chi connectivity index (χ3v) is 3.75. The van der Waals surface area contributed by atoms with Gasteiger partial charge in [-0.1, -0.05) is 13.8 Å². The third kappa shape index (κ3) is 1.26. The first-order valence-electron chi connectivity index (χ1n) is 5.57. The Hall–Kier alpha value is -0.570. The number of rotatable bonds is 1. The molecule has 3 nitrogen and oxygen atoms in total. The monoisotopic (exact) mass is 196 g/mol. The van der Waals surface area contributed by atoms with Crippen LogP contribution < -0.4 is 5.32 Å². The normalized spacial score (nSPS) is 37.9. The van der Waals surface area contributed by atoms with Crippen molar-refractivity contribution in [2.75, 3.05) is 13.6 Å². The first-order chi connectivity index (χ1) is 6.57. The summed E-state index contributed by atoms with van der Waals surface area (Å²) in [5.74, 6) is 0.843. The van der Waals surface area contributed by atoms with Crippen molar-refractivity contribution in [3.8, 4) is 0 Å². The quantitative estimate of drug-likeness (QED) is 0.678. The molecule has 0 saturated carbocycles. The zero-order valence-electron chi connectivity index (χ0n) is 9.34. The van der Waals surface area contributed by atoms with Crippen LogP contribution in [0.25, 0.3) is 0 Å². The summed E-state index contributed by atoms with van der Waals surface area (Å²) in [6, 6.07) is 0.387. The molecule has 0 aliphatic carbocycles. The van der Waals surface area contributed by atoms with Crippen LogP contribution in [0.5, 0.6) is 0 Å². The number of hydrogen-bond acceptors (Lipinski definition) is 2. The molecule has 0 aromatic heterocycles. The fraction of sp³-hybridized carbons (Fsp3) is 0.909. The van der Waals surface area contributed by atoms with E-state index in [0.29, 0.717) is 24.3 Å². The summed E-state index contributed by atoms with van der Waals surface area (Å²) >= 11 is 0. The van der Waals surface area contributed by atoms with Crippen molar-refractivity contribution in [2.24, 2.45) is 5.92 Å². The van der Waals surface area contributed by atoms with Crippen molar-refractivity contribution >= 4 is 5.91 Å². The topological polar surface area (TPSA) is 32.3 Å². The van der Waals surface area contributed by atoms with Crippen LogP contribution in [0.15, 0.2) is 0 Å². The second kappa shape index (κ2) is 3.23. The second-order valence-electron chi connectivity index (χ2n) is 5.06. The van der Waals surface area contributed by atoms with Crippen molar-refractivity contribution < 1.29 is 4.79 Å². The van der Waals surface area contributed by atoms with Gasteiger partial charge in [0.25, 0.3) is 0 Å². The Balaban J connectivity index is 2.28. The number of nitrogens with one attached hydrogen (secondary N) is 1. The largest absolute Gasteiger partial charge is 0.341 e. The molecule has 2 heterocycles. The van der Waals surface area contributed by atoms with Crippen LogP contribution in [0.1, 0.15) is 33.1 Å². The first-order valence-corrected chi connectivity index (χ1v) is 5.57. The van der Waals surface area contributed by atoms with Crippen molar-refractivity contribution in [1.29, 1.82) is 0 Å². The Morgan fingerprint density at radius 1 is 1.57 bits per heavy atom. The van der Waals surface area contributed by atoms with Gasteiger partial charge in [-0.3, -0.25) is 4.79 Å². The average molecular weight is 196 g/mol. The van der Waals surface area contributed by atoms with E-state index in [1.54, 1.807) is 0 Å². The molecular weight excluding hydrogens is 176 g/mol. The molecule has 2 aliphatic rings. The number of likely N-dealkylation sites (tertiary alicyclic amines) is 1. The molecule has 2 saturated heterocycles. The lowest BCUT2D eigenvalue weighted by molar-refractivity contribution is -0.128. The lowest BCUT2D eigenvalue weighted by atomic mass is 9.82. The molecule has 2 aliphatic heterocycles. The van der Waals surface area contributed by atoms with Crippen LogP contribution in [0.4, 0.5) is 0 Å². The van der Waals surface area contributed by atoms with Crippen LogP contribution in [0.2, 0.25) is 0 Å². The molecule has 0 radical (unpaired) electrons. The van der Waals surface area contributed by atoms with Gasteiger partial charge in [0.1, 0.15) is 0 Å². The molecule has 1 amide bonds. The number of likely N-dealkylation sites (N-methyl/N-ethyl adjacent to an activating group) is 1. The fourth-order valence-electron chi connectivity index (χ4n) is 3.34. The van der Waals surface area contributed by atoms with E-state index in [1.807, 2.05) is 11.9 Å². The van der Waals surface area contributed by atoms with E-state index in [9.17, 15) is 4.79 Å². The van der Waals surface area contributed by atoms with Crippen molar-refractivity contribution in [2.45, 2.75) is 44.7 Å². The van der Waals surface area contributed by atoms with Gasteiger partial charge in [0.05, 0.1) is 6.04 Å². The highest BCUT2D eigenvalue weighted by Crippen LogP contribution is 2.39. The molecule has 1 spiro atoms. The summed E-state index contributed by atoms with van der Waals surface area (Å²) in [5.41, 5.74) is 0.0972. The lowest BCUT2D eigenvalue weighted by Crippen LogP contribution is -2.52. The zero-order valence-corrected chi connectivity index (χ0v) is 9.34. The Kier molecular flexibility index (Phi) is 2.30. The Morgan fingerprint density at radius 2 is 2.29 bits per heavy atom. The smallest absolute Gasteiger partial charge is 0.224 e. The molecule has 2 unspecified atom stereocenters. The SMILES string of the molecule is CC(C)C1N(C)C(=O)CC12CCCN2. The molecule has 80 valence electrons. The summed E-state index contributed by atoms with van der Waals surface area (Å²) in [5, 5.41) is 3.56. The average Bonchev–Trinajstić information content (AvgIpc) is 2.61. The van der Waals surface area contributed by atoms with E-state index < -0.39 is 0 Å². The predicted molar refractivity (Wildman–Crippen MR) is 56.0 cm³/mol. The maximum Gasteiger partial charge on any atom is 0.224 e. The van der Waals surface area contributed by atoms with Crippen molar-refractivity contribution in [3.63, 3.8) is 0 Å². The standard InChI is InChI=1S/C11H20N2O/c1-8(2)10-11(5-4-6-12-11)7-9(14)13(10)3/h8,10,12H,4-7H2,1-3H3. The van der Waals surface area contributed by atoms with Crippen LogP contribution in [0, 0.1) is 5.92 Å². The minimum atomic E-state index is 0.0972. The number of nitrogens with zero attached hydrogens (tertiary/aromatic N) is 1. The zero-order chi connectivity index (χ0) is 10.3. The van der Waals surface area contributed by atoms with Crippen LogP contribution in [0.3, 0.4) is 0 Å². The van der Waals surface area contributed by atoms with Gasteiger partial charge < -0.3 is 10.2 Å². The third-order valence-electron chi connectivity index (χ3n) is 3.75. The number of hydrogen-bond donors (Lipinski definition) is 1. The van der Waals surface area contributed by atoms with Gasteiger partial charge in [0, 0.05) is 19.0 Å². The van der Waals surface area contributed by atoms with E-state index in [2.05, 4.69) is 19.2 Å². The van der Waals surface area contributed by atoms with Crippen molar-refractivity contribution in [1.82, 2.24) is 10.2 Å². The maximum atomic E-state index is 11.7. The Bertz CT molecular complexity index is 244. The minimum Gasteiger partial charge on any atom is -0.341 e. The van der Waals surface area contributed by atoms with Crippen molar-refractivity contribution in [3.05, 3.63) is 0 Å². The summed E-state index contributed by atoms with van der Waals surface area (Å²) in [6.07, 6.45) is 3.07. The Labute approximate surface area is 85.8 Å². The van der Waals surface area contributed by atoms with Crippen LogP contribution in [-0.2, 0) is 4.79 Å². The summed E-state index contributed by atoms with van der Waals surface area (Å²) in [6.45, 7) is 5.49. The molecule has 3 heteroatoms. The highest BCUT2D eigenvalue weighted by Gasteiger charge is 2.52. The van der Waals surface area contributed by atoms with Gasteiger partial charge in [-0.25, -0.2) is 0 Å². The van der Waals surface area contributed by atoms with Gasteiger partial charge >= 0.3 is 0 Å². The van der Waals surface area contributed by atoms with Crippen LogP contribution >= 0.6 is 0 Å². The lowest BCUT2D eigenvalue weighted by Gasteiger charge is -2.36. The van der Waals surface area contributed by atoms with E-state index >= 15 is 0 Å². The minimum absolute atomic E-state index is 0.0972. The van der Waals surface area contributed by atoms with Crippen LogP contribution in [-0.4, -0.2) is 36.0 Å². The van der Waals surface area contributed by atoms with E-state index in [-0.39, 0.29) is 5.54 Å². The van der Waals surface area contributed by atoms with E-state index in [1.165, 1.54) is 6.42 Å². The van der Waals surface area contributed by atoms with Gasteiger partial charge in [0.15, 0.2) is 0 Å². The maximum absolute atomic E-state index is 11.7. The van der Waals surface area contributed by atoms with Gasteiger partial charge in [-0.2, -0.15) is 0 Å². The molecule has 2 rings (SSSR count). The first kappa shape index (κ1) is 9.97. The number of carbonyl (C=O) groups is 1. The van der Waals surface area contributed by atoms with E-state index in [0.717, 1.165) is 13.0 Å². The highest BCUT2D eigenvalue weighted by atomic mass is 16.2. The number of amides is 1. The van der Waals surface area contributed by atoms with Gasteiger partial charge in [-0.05, 0) is 25.3 Å². The fourth-order valence-corrected chi connectivity index (χ4v) is 3.34. The molecular formula is C11H20N2O. The molecule has 0 bridgehead atoms. The number of carbonyl (C=O) groups excluding carboxylic acids is 1. The van der Waals surface area contributed by atoms with Gasteiger partial charge in [0.2, 0.25) is 5.91 Å². The molecule has 0 aromatic carbocycles. The summed E-state index contributed by atoms with van der Waals surface area (Å²) < 4.78 is 0. The molecule has 0 aromatic rings. The van der Waals surface area contributed by atoms with Gasteiger partial charge in [-0.15, -0.1) is 0 Å². The highest BCUT2D eigenvalue weighted by molar-refractivity contribution is 5.81. The predicted octanol–water partition coefficient (Wildman–Crippen LogP) is 0.995.